The lowest BCUT2D eigenvalue weighted by molar-refractivity contribution is 0.0267. The standard InChI is InChI=1S/C116H102N8O16/c1-5-83(6-2-77(1)89-69-99-75-100(70-89)138-66-58-130-50-46-126-54-62-134-96-31-15-80(16-32-96)104-38-22-86-10-9-85-21-37-103(121-113(85)114(86)122-104)79-13-29-95(30-14-79)133-61-53-125-45-49-129-57-65-137-99)111-107-41-25-91(117-107)73-93-27-43-109(119-93)112(110-44-28-94(120-110)74-92-26-42-108(111)118-92)84-7-3-78(4-8-84)90-71-101-76-102(72-90)140-68-60-132-52-48-128-56-64-136-98-35-19-82(20-36-98)106-40-24-88-12-11-87-23-39-105(123-115(87)116(88)124-106)81-17-33-97(34-18-81)135-63-55-127-47-51-131-59-67-139-101/h1-44,69-76,117,120H,45-68H2. The van der Waals surface area contributed by atoms with E-state index in [9.17, 15) is 0 Å². The van der Waals surface area contributed by atoms with Crippen molar-refractivity contribution in [3.8, 4) is 136 Å². The normalized spacial score (nSPS) is 15.2. The molecule has 7 aromatic heterocycles. The van der Waals surface area contributed by atoms with E-state index < -0.39 is 0 Å². The number of aromatic amines is 2. The SMILES string of the molecule is C1=Cc2nc1cc1ccc([nH]1)c(-c1ccc(-c3cc4cc(c3)OCCOCCOCCOc3ccc(cc3)-c3ccc5ccc6ccc(nc6c5n3)-c3ccc(cc3)OCCOCCOCCO4)cc1)c1nc(cc3ccc([nH]3)c2-c2ccc(-c3cc4cc(c3)OCCOCCOCCOc3ccc(cc3)-c3ccc5ccc6ccc(nc6c5n3)-c3ccc(cc3)OCCOCCOCCO4)cc2)C=C1. The van der Waals surface area contributed by atoms with E-state index in [1.165, 1.54) is 0 Å². The maximum Gasteiger partial charge on any atom is 0.123 e. The van der Waals surface area contributed by atoms with Crippen molar-refractivity contribution in [1.29, 1.82) is 0 Å². The third-order valence-electron chi connectivity index (χ3n) is 24.3. The Bertz CT molecular complexity index is 6730. The van der Waals surface area contributed by atoms with E-state index in [0.717, 1.165) is 201 Å². The molecule has 17 aromatic rings. The first-order valence-electron chi connectivity index (χ1n) is 47.4. The smallest absolute Gasteiger partial charge is 0.123 e. The van der Waals surface area contributed by atoms with Gasteiger partial charge in [0.15, 0.2) is 0 Å². The van der Waals surface area contributed by atoms with Crippen molar-refractivity contribution >= 4 is 90.0 Å². The molecule has 0 saturated carbocycles. The summed E-state index contributed by atoms with van der Waals surface area (Å²) in [6, 6.07) is 98.1. The van der Waals surface area contributed by atoms with Gasteiger partial charge < -0.3 is 85.8 Å². The van der Waals surface area contributed by atoms with Crippen molar-refractivity contribution in [2.24, 2.45) is 0 Å². The average Bonchev–Trinajstić information content (AvgIpc) is 1.16. The molecule has 0 aliphatic carbocycles. The summed E-state index contributed by atoms with van der Waals surface area (Å²) in [5, 5.41) is 4.05. The van der Waals surface area contributed by atoms with Crippen molar-refractivity contribution in [3.05, 3.63) is 314 Å². The molecule has 0 amide bonds. The summed E-state index contributed by atoms with van der Waals surface area (Å²) in [5.41, 5.74) is 24.8. The Morgan fingerprint density at radius 3 is 0.664 bits per heavy atom. The molecule has 702 valence electrons. The number of aromatic nitrogens is 8. The Labute approximate surface area is 809 Å². The molecule has 8 aliphatic heterocycles. The number of ether oxygens (including phenoxy) is 16. The molecule has 25 rings (SSSR count). The Balaban J connectivity index is 0.474. The van der Waals surface area contributed by atoms with E-state index in [4.69, 9.17) is 106 Å². The average molecular weight is 1860 g/mol. The van der Waals surface area contributed by atoms with E-state index >= 15 is 0 Å². The van der Waals surface area contributed by atoms with Gasteiger partial charge in [-0.2, -0.15) is 0 Å². The minimum Gasteiger partial charge on any atom is -0.491 e. The van der Waals surface area contributed by atoms with Gasteiger partial charge in [0.1, 0.15) is 98.9 Å². The molecule has 24 heteroatoms. The van der Waals surface area contributed by atoms with Gasteiger partial charge in [-0.25, -0.2) is 29.9 Å². The molecule has 28 bridgehead atoms. The lowest BCUT2D eigenvalue weighted by atomic mass is 9.99. The summed E-state index contributed by atoms with van der Waals surface area (Å²) in [5.74, 6) is 5.45. The van der Waals surface area contributed by atoms with Crippen LogP contribution in [0.25, 0.3) is 180 Å². The van der Waals surface area contributed by atoms with E-state index in [2.05, 4.69) is 168 Å². The Morgan fingerprint density at radius 1 is 0.171 bits per heavy atom. The van der Waals surface area contributed by atoms with Crippen LogP contribution in [-0.2, 0) is 37.9 Å². The van der Waals surface area contributed by atoms with Gasteiger partial charge in [0.25, 0.3) is 0 Å². The third-order valence-corrected chi connectivity index (χ3v) is 24.3. The highest BCUT2D eigenvalue weighted by atomic mass is 16.6. The number of pyridine rings is 4. The van der Waals surface area contributed by atoms with Crippen LogP contribution >= 0.6 is 0 Å². The number of benzene rings is 10. The summed E-state index contributed by atoms with van der Waals surface area (Å²) < 4.78 is 97.6. The second-order valence-corrected chi connectivity index (χ2v) is 33.7. The van der Waals surface area contributed by atoms with Crippen molar-refractivity contribution in [3.63, 3.8) is 0 Å². The van der Waals surface area contributed by atoms with Crippen LogP contribution in [0, 0.1) is 0 Å². The zero-order valence-corrected chi connectivity index (χ0v) is 77.2. The molecule has 8 aliphatic rings. The zero-order valence-electron chi connectivity index (χ0n) is 77.2. The van der Waals surface area contributed by atoms with Gasteiger partial charge in [-0.3, -0.25) is 0 Å². The maximum atomic E-state index is 6.40. The fourth-order valence-electron chi connectivity index (χ4n) is 17.3. The first kappa shape index (κ1) is 91.0. The zero-order chi connectivity index (χ0) is 93.8. The van der Waals surface area contributed by atoms with Crippen LogP contribution in [0.5, 0.6) is 46.0 Å². The first-order chi connectivity index (χ1) is 69.3. The lowest BCUT2D eigenvalue weighted by Gasteiger charge is -2.14. The second kappa shape index (κ2) is 44.3. The summed E-state index contributed by atoms with van der Waals surface area (Å²) in [6.07, 6.45) is 8.25. The molecule has 24 nitrogen and oxygen atoms in total. The molecule has 0 radical (unpaired) electrons. The fraction of sp³-hybridized carbons (Fsp3) is 0.207. The van der Waals surface area contributed by atoms with Gasteiger partial charge in [-0.1, -0.05) is 97.1 Å². The van der Waals surface area contributed by atoms with Gasteiger partial charge >= 0.3 is 0 Å². The number of hydrogen-bond donors (Lipinski definition) is 2. The Morgan fingerprint density at radius 2 is 0.400 bits per heavy atom. The van der Waals surface area contributed by atoms with Gasteiger partial charge in [0, 0.05) is 89.1 Å². The van der Waals surface area contributed by atoms with Crippen LogP contribution in [0.1, 0.15) is 22.8 Å². The Kier molecular flexibility index (Phi) is 28.8. The molecule has 15 heterocycles. The van der Waals surface area contributed by atoms with Gasteiger partial charge in [0.2, 0.25) is 0 Å². The Hall–Kier alpha value is -15.5. The maximum absolute atomic E-state index is 6.40. The van der Waals surface area contributed by atoms with E-state index in [0.29, 0.717) is 182 Å². The summed E-state index contributed by atoms with van der Waals surface area (Å²) in [7, 11) is 0. The van der Waals surface area contributed by atoms with Crippen molar-refractivity contribution < 1.29 is 75.8 Å². The molecule has 0 unspecified atom stereocenters. The van der Waals surface area contributed by atoms with Gasteiger partial charge in [-0.05, 0) is 240 Å². The highest BCUT2D eigenvalue weighted by molar-refractivity contribution is 6.06. The summed E-state index contributed by atoms with van der Waals surface area (Å²) in [6.45, 7) is 8.76. The highest BCUT2D eigenvalue weighted by Crippen LogP contribution is 2.41. The molecule has 0 spiro atoms. The van der Waals surface area contributed by atoms with Crippen LogP contribution in [0.15, 0.2) is 291 Å². The predicted octanol–water partition coefficient (Wildman–Crippen LogP) is 22.8. The molecule has 140 heavy (non-hydrogen) atoms. The van der Waals surface area contributed by atoms with E-state index in [-0.39, 0.29) is 0 Å². The first-order valence-corrected chi connectivity index (χ1v) is 47.4. The summed E-state index contributed by atoms with van der Waals surface area (Å²) >= 11 is 0. The van der Waals surface area contributed by atoms with Crippen molar-refractivity contribution in [2.45, 2.75) is 0 Å². The molecule has 10 aromatic carbocycles. The largest absolute Gasteiger partial charge is 0.491 e. The molecule has 0 fully saturated rings. The molecular formula is C116H102N8O16. The number of hydrogen-bond acceptors (Lipinski definition) is 22. The van der Waals surface area contributed by atoms with Gasteiger partial charge in [-0.15, -0.1) is 0 Å². The highest BCUT2D eigenvalue weighted by Gasteiger charge is 2.20. The number of H-pyrrole nitrogens is 2. The van der Waals surface area contributed by atoms with Crippen molar-refractivity contribution in [1.82, 2.24) is 39.9 Å². The number of rotatable bonds is 4. The van der Waals surface area contributed by atoms with Crippen LogP contribution < -0.4 is 37.9 Å². The predicted molar refractivity (Wildman–Crippen MR) is 547 cm³/mol. The van der Waals surface area contributed by atoms with Crippen LogP contribution in [-0.4, -0.2) is 198 Å². The second-order valence-electron chi connectivity index (χ2n) is 33.7. The summed E-state index contributed by atoms with van der Waals surface area (Å²) in [4.78, 5) is 38.7. The van der Waals surface area contributed by atoms with E-state index in [1.807, 2.05) is 158 Å². The number of nitrogens with one attached hydrogen (secondary N) is 2. The monoisotopic (exact) mass is 1860 g/mol. The van der Waals surface area contributed by atoms with Crippen LogP contribution in [0.2, 0.25) is 0 Å². The van der Waals surface area contributed by atoms with Crippen LogP contribution in [0.4, 0.5) is 0 Å². The fourth-order valence-corrected chi connectivity index (χ4v) is 17.3. The molecular weight excluding hydrogens is 1760 g/mol. The minimum absolute atomic E-state index is 0.297. The molecule has 0 saturated heterocycles. The lowest BCUT2D eigenvalue weighted by Crippen LogP contribution is -2.14. The van der Waals surface area contributed by atoms with Crippen molar-refractivity contribution in [2.75, 3.05) is 159 Å². The van der Waals surface area contributed by atoms with Gasteiger partial charge in [0.05, 0.1) is 173 Å². The minimum atomic E-state index is 0.297. The number of fused-ring (bicyclic) bond motifs is 12. The molecule has 2 N–H and O–H groups in total. The third kappa shape index (κ3) is 22.7. The van der Waals surface area contributed by atoms with Crippen LogP contribution in [0.3, 0.4) is 0 Å². The quantitative estimate of drug-likeness (QED) is 0.155. The van der Waals surface area contributed by atoms with E-state index in [1.54, 1.807) is 0 Å². The number of nitrogens with zero attached hydrogens (tertiary/aromatic N) is 6. The molecule has 0 atom stereocenters. The topological polar surface area (TPSA) is 257 Å².